The van der Waals surface area contributed by atoms with E-state index >= 15 is 0 Å². The van der Waals surface area contributed by atoms with Crippen molar-refractivity contribution in [3.8, 4) is 0 Å². The fourth-order valence-electron chi connectivity index (χ4n) is 1.46. The normalized spacial score (nSPS) is 12.1. The Balaban J connectivity index is 0. The third kappa shape index (κ3) is 8.84. The highest BCUT2D eigenvalue weighted by Crippen LogP contribution is 2.18. The van der Waals surface area contributed by atoms with Gasteiger partial charge in [-0.15, -0.1) is 6.58 Å². The third-order valence-corrected chi connectivity index (χ3v) is 2.26. The van der Waals surface area contributed by atoms with Crippen molar-refractivity contribution in [3.05, 3.63) is 85.6 Å². The van der Waals surface area contributed by atoms with E-state index in [1.807, 2.05) is 38.2 Å². The summed E-state index contributed by atoms with van der Waals surface area (Å²) in [6.45, 7) is 21.2. The molecule has 0 bridgehead atoms. The Labute approximate surface area is 119 Å². The van der Waals surface area contributed by atoms with Crippen LogP contribution in [0, 0.1) is 0 Å². The van der Waals surface area contributed by atoms with Gasteiger partial charge < -0.3 is 0 Å². The lowest BCUT2D eigenvalue weighted by Crippen LogP contribution is -1.86. The summed E-state index contributed by atoms with van der Waals surface area (Å²) in [5, 5.41) is 0. The van der Waals surface area contributed by atoms with Crippen LogP contribution >= 0.6 is 0 Å². The molecule has 19 heavy (non-hydrogen) atoms. The monoisotopic (exact) mass is 256 g/mol. The zero-order chi connectivity index (χ0) is 15.1. The SMILES string of the molecule is C=C\C=C(C=C)/C(=C\CC)/C=C(/C=C)CC=C.CC. The summed E-state index contributed by atoms with van der Waals surface area (Å²) in [7, 11) is 0. The largest absolute Gasteiger partial charge is 0.103 e. The van der Waals surface area contributed by atoms with E-state index in [1.165, 1.54) is 0 Å². The first-order valence-electron chi connectivity index (χ1n) is 6.83. The minimum absolute atomic E-state index is 0.822. The molecular weight excluding hydrogens is 228 g/mol. The summed E-state index contributed by atoms with van der Waals surface area (Å²) < 4.78 is 0. The van der Waals surface area contributed by atoms with Crippen LogP contribution in [0.25, 0.3) is 0 Å². The molecule has 0 aliphatic carbocycles. The van der Waals surface area contributed by atoms with E-state index in [2.05, 4.69) is 45.4 Å². The molecule has 0 aliphatic rings. The van der Waals surface area contributed by atoms with Crippen molar-refractivity contribution in [2.75, 3.05) is 0 Å². The van der Waals surface area contributed by atoms with Crippen molar-refractivity contribution in [1.29, 1.82) is 0 Å². The van der Waals surface area contributed by atoms with Crippen LogP contribution in [-0.4, -0.2) is 0 Å². The quantitative estimate of drug-likeness (QED) is 0.351. The topological polar surface area (TPSA) is 0 Å². The van der Waals surface area contributed by atoms with Gasteiger partial charge in [0.05, 0.1) is 0 Å². The van der Waals surface area contributed by atoms with E-state index in [1.54, 1.807) is 6.08 Å². The molecule has 0 aromatic rings. The molecule has 0 N–H and O–H groups in total. The van der Waals surface area contributed by atoms with Crippen LogP contribution in [0.3, 0.4) is 0 Å². The molecule has 0 aromatic carbocycles. The Hall–Kier alpha value is -1.82. The Morgan fingerprint density at radius 2 is 1.58 bits per heavy atom. The van der Waals surface area contributed by atoms with Gasteiger partial charge in [0, 0.05) is 0 Å². The van der Waals surface area contributed by atoms with Crippen LogP contribution in [0.2, 0.25) is 0 Å². The van der Waals surface area contributed by atoms with Crippen molar-refractivity contribution in [1.82, 2.24) is 0 Å². The molecule has 0 fully saturated rings. The highest BCUT2D eigenvalue weighted by molar-refractivity contribution is 5.49. The van der Waals surface area contributed by atoms with E-state index < -0.39 is 0 Å². The van der Waals surface area contributed by atoms with Gasteiger partial charge in [0.15, 0.2) is 0 Å². The maximum Gasteiger partial charge on any atom is -0.0100 e. The molecule has 0 unspecified atom stereocenters. The average molecular weight is 256 g/mol. The highest BCUT2D eigenvalue weighted by Gasteiger charge is 1.98. The fraction of sp³-hybridized carbons (Fsp3) is 0.263. The predicted molar refractivity (Wildman–Crippen MR) is 91.3 cm³/mol. The van der Waals surface area contributed by atoms with Gasteiger partial charge in [0.25, 0.3) is 0 Å². The molecule has 0 aromatic heterocycles. The molecular formula is C19H28. The molecule has 0 heterocycles. The minimum Gasteiger partial charge on any atom is -0.103 e. The molecule has 0 aliphatic heterocycles. The van der Waals surface area contributed by atoms with Gasteiger partial charge in [0.1, 0.15) is 0 Å². The van der Waals surface area contributed by atoms with Crippen LogP contribution in [-0.2, 0) is 0 Å². The summed E-state index contributed by atoms with van der Waals surface area (Å²) in [4.78, 5) is 0. The number of hydrogen-bond acceptors (Lipinski definition) is 0. The van der Waals surface area contributed by atoms with E-state index in [0.29, 0.717) is 0 Å². The van der Waals surface area contributed by atoms with E-state index in [9.17, 15) is 0 Å². The van der Waals surface area contributed by atoms with Gasteiger partial charge in [-0.1, -0.05) is 83.0 Å². The summed E-state index contributed by atoms with van der Waals surface area (Å²) in [5.41, 5.74) is 3.38. The van der Waals surface area contributed by atoms with Crippen molar-refractivity contribution in [2.45, 2.75) is 33.6 Å². The summed E-state index contributed by atoms with van der Waals surface area (Å²) in [5.74, 6) is 0. The Morgan fingerprint density at radius 1 is 0.947 bits per heavy atom. The lowest BCUT2D eigenvalue weighted by Gasteiger charge is -2.05. The second-order valence-electron chi connectivity index (χ2n) is 3.55. The van der Waals surface area contributed by atoms with Crippen LogP contribution in [0.1, 0.15) is 33.6 Å². The zero-order valence-corrected chi connectivity index (χ0v) is 12.8. The number of hydrogen-bond donors (Lipinski definition) is 0. The average Bonchev–Trinajstić information content (AvgIpc) is 2.45. The Kier molecular flexibility index (Phi) is 14.6. The minimum atomic E-state index is 0.822. The second-order valence-corrected chi connectivity index (χ2v) is 3.55. The zero-order valence-electron chi connectivity index (χ0n) is 12.8. The molecule has 0 saturated heterocycles. The van der Waals surface area contributed by atoms with Gasteiger partial charge in [-0.2, -0.15) is 0 Å². The fourth-order valence-corrected chi connectivity index (χ4v) is 1.46. The van der Waals surface area contributed by atoms with Gasteiger partial charge in [-0.3, -0.25) is 0 Å². The maximum absolute atomic E-state index is 3.83. The molecule has 0 radical (unpaired) electrons. The molecule has 0 heteroatoms. The van der Waals surface area contributed by atoms with Gasteiger partial charge in [0.2, 0.25) is 0 Å². The molecule has 0 atom stereocenters. The van der Waals surface area contributed by atoms with Gasteiger partial charge in [-0.25, -0.2) is 0 Å². The number of allylic oxidation sites excluding steroid dienone is 10. The molecule has 0 nitrogen and oxygen atoms in total. The van der Waals surface area contributed by atoms with Crippen molar-refractivity contribution in [2.24, 2.45) is 0 Å². The van der Waals surface area contributed by atoms with Crippen LogP contribution in [0.4, 0.5) is 0 Å². The predicted octanol–water partition coefficient (Wildman–Crippen LogP) is 6.34. The molecule has 0 rings (SSSR count). The molecule has 0 amide bonds. The van der Waals surface area contributed by atoms with Gasteiger partial charge >= 0.3 is 0 Å². The van der Waals surface area contributed by atoms with Crippen molar-refractivity contribution < 1.29 is 0 Å². The summed E-state index contributed by atoms with van der Waals surface area (Å²) in [6, 6.07) is 0. The molecule has 0 spiro atoms. The maximum atomic E-state index is 3.83. The standard InChI is InChI=1S/C17H22.C2H6/c1-6-11-15(9-4)14-17(13-8-3)16(10-5)12-7-2;1-2/h6-7,9-10,12-14H,1-2,4-5,8,11H2,3H3;1-2H3/b15-14-,16-12-,17-13-;. The highest BCUT2D eigenvalue weighted by atomic mass is 14.0. The molecule has 104 valence electrons. The first-order valence-corrected chi connectivity index (χ1v) is 6.83. The van der Waals surface area contributed by atoms with E-state index in [4.69, 9.17) is 0 Å². The lowest BCUT2D eigenvalue weighted by molar-refractivity contribution is 1.19. The van der Waals surface area contributed by atoms with Crippen molar-refractivity contribution >= 4 is 0 Å². The Morgan fingerprint density at radius 3 is 1.95 bits per heavy atom. The smallest absolute Gasteiger partial charge is 0.0100 e. The van der Waals surface area contributed by atoms with Crippen molar-refractivity contribution in [3.63, 3.8) is 0 Å². The lowest BCUT2D eigenvalue weighted by atomic mass is 10.00. The first-order chi connectivity index (χ1) is 9.23. The summed E-state index contributed by atoms with van der Waals surface area (Å²) in [6.07, 6.45) is 15.4. The summed E-state index contributed by atoms with van der Waals surface area (Å²) >= 11 is 0. The first kappa shape index (κ1) is 19.5. The van der Waals surface area contributed by atoms with E-state index in [-0.39, 0.29) is 0 Å². The molecule has 0 saturated carbocycles. The number of rotatable bonds is 8. The van der Waals surface area contributed by atoms with Crippen LogP contribution in [0.5, 0.6) is 0 Å². The van der Waals surface area contributed by atoms with Crippen LogP contribution < -0.4 is 0 Å². The second kappa shape index (κ2) is 14.2. The van der Waals surface area contributed by atoms with Gasteiger partial charge in [-0.05, 0) is 29.6 Å². The van der Waals surface area contributed by atoms with Crippen LogP contribution in [0.15, 0.2) is 85.6 Å². The Bertz CT molecular complexity index is 373. The van der Waals surface area contributed by atoms with E-state index in [0.717, 1.165) is 29.6 Å². The third-order valence-electron chi connectivity index (χ3n) is 2.26.